The van der Waals surface area contributed by atoms with Gasteiger partial charge in [-0.15, -0.1) is 0 Å². The fourth-order valence-corrected chi connectivity index (χ4v) is 4.85. The van der Waals surface area contributed by atoms with E-state index in [4.69, 9.17) is 14.2 Å². The van der Waals surface area contributed by atoms with Gasteiger partial charge in [0, 0.05) is 8.95 Å². The van der Waals surface area contributed by atoms with E-state index in [-0.39, 0.29) is 18.2 Å². The Morgan fingerprint density at radius 2 is 1.20 bits per heavy atom. The average molecular weight is 662 g/mol. The third-order valence-electron chi connectivity index (χ3n) is 6.52. The zero-order chi connectivity index (χ0) is 27.9. The molecule has 2 atom stereocenters. The zero-order valence-corrected chi connectivity index (χ0v) is 24.6. The van der Waals surface area contributed by atoms with Crippen LogP contribution in [0.1, 0.15) is 50.8 Å². The first-order chi connectivity index (χ1) is 19.4. The highest BCUT2D eigenvalue weighted by molar-refractivity contribution is 9.10. The molecule has 0 aromatic heterocycles. The number of halogens is 2. The minimum atomic E-state index is -0.398. The first-order valence-corrected chi connectivity index (χ1v) is 14.5. The normalized spacial score (nSPS) is 16.4. The molecule has 7 heteroatoms. The SMILES string of the molecule is O=C(Oc1ccc(CC[C@H]2CC=C[C@H](c3ccc(OC(=O)c4ccc(Br)cc4)cc3)O2)cc1)c1ccc(Br)cc1. The Balaban J connectivity index is 1.10. The third-order valence-corrected chi connectivity index (χ3v) is 7.57. The molecule has 0 N–H and O–H groups in total. The van der Waals surface area contributed by atoms with Gasteiger partial charge >= 0.3 is 11.9 Å². The summed E-state index contributed by atoms with van der Waals surface area (Å²) in [6.07, 6.45) is 6.70. The van der Waals surface area contributed by atoms with E-state index in [1.807, 2.05) is 48.5 Å². The van der Waals surface area contributed by atoms with Gasteiger partial charge in [0.15, 0.2) is 0 Å². The van der Waals surface area contributed by atoms with E-state index in [2.05, 4.69) is 44.0 Å². The summed E-state index contributed by atoms with van der Waals surface area (Å²) in [7, 11) is 0. The Labute approximate surface area is 250 Å². The number of carbonyl (C=O) groups is 2. The number of ether oxygens (including phenoxy) is 3. The quantitative estimate of drug-likeness (QED) is 0.107. The van der Waals surface area contributed by atoms with Crippen molar-refractivity contribution < 1.29 is 23.8 Å². The predicted octanol–water partition coefficient (Wildman–Crippen LogP) is 8.67. The number of rotatable bonds is 8. The highest BCUT2D eigenvalue weighted by Crippen LogP contribution is 2.30. The van der Waals surface area contributed by atoms with Crippen LogP contribution < -0.4 is 9.47 Å². The Morgan fingerprint density at radius 3 is 1.73 bits per heavy atom. The molecule has 0 unspecified atom stereocenters. The molecule has 0 aliphatic carbocycles. The third kappa shape index (κ3) is 7.56. The molecule has 0 bridgehead atoms. The highest BCUT2D eigenvalue weighted by atomic mass is 79.9. The van der Waals surface area contributed by atoms with Crippen molar-refractivity contribution >= 4 is 43.8 Å². The number of hydrogen-bond donors (Lipinski definition) is 0. The number of carbonyl (C=O) groups excluding carboxylic acids is 2. The summed E-state index contributed by atoms with van der Waals surface area (Å²) in [4.78, 5) is 24.7. The van der Waals surface area contributed by atoms with Crippen LogP contribution in [0.4, 0.5) is 0 Å². The van der Waals surface area contributed by atoms with Crippen LogP contribution in [0.2, 0.25) is 0 Å². The maximum atomic E-state index is 12.4. The molecule has 0 saturated heterocycles. The van der Waals surface area contributed by atoms with E-state index < -0.39 is 5.97 Å². The summed E-state index contributed by atoms with van der Waals surface area (Å²) < 4.78 is 19.2. The monoisotopic (exact) mass is 660 g/mol. The lowest BCUT2D eigenvalue weighted by Gasteiger charge is -2.26. The molecule has 5 nitrogen and oxygen atoms in total. The molecule has 202 valence electrons. The van der Waals surface area contributed by atoms with E-state index in [1.54, 1.807) is 48.5 Å². The van der Waals surface area contributed by atoms with E-state index in [9.17, 15) is 9.59 Å². The van der Waals surface area contributed by atoms with Crippen LogP contribution in [-0.4, -0.2) is 18.0 Å². The second-order valence-electron chi connectivity index (χ2n) is 9.39. The van der Waals surface area contributed by atoms with Crippen LogP contribution in [0.3, 0.4) is 0 Å². The van der Waals surface area contributed by atoms with Crippen LogP contribution in [0.15, 0.2) is 118 Å². The molecule has 0 saturated carbocycles. The lowest BCUT2D eigenvalue weighted by atomic mass is 10.00. The van der Waals surface area contributed by atoms with Crippen molar-refractivity contribution in [3.63, 3.8) is 0 Å². The van der Waals surface area contributed by atoms with Crippen LogP contribution in [-0.2, 0) is 11.2 Å². The van der Waals surface area contributed by atoms with Crippen molar-refractivity contribution in [3.8, 4) is 11.5 Å². The topological polar surface area (TPSA) is 61.8 Å². The van der Waals surface area contributed by atoms with Crippen molar-refractivity contribution in [2.24, 2.45) is 0 Å². The molecule has 5 rings (SSSR count). The minimum absolute atomic E-state index is 0.0832. The van der Waals surface area contributed by atoms with E-state index in [0.29, 0.717) is 22.6 Å². The van der Waals surface area contributed by atoms with Gasteiger partial charge < -0.3 is 14.2 Å². The molecule has 1 heterocycles. The van der Waals surface area contributed by atoms with Gasteiger partial charge in [0.1, 0.15) is 17.6 Å². The van der Waals surface area contributed by atoms with Gasteiger partial charge in [0.25, 0.3) is 0 Å². The van der Waals surface area contributed by atoms with E-state index in [1.165, 1.54) is 0 Å². The molecule has 0 spiro atoms. The first kappa shape index (κ1) is 28.0. The summed E-state index contributed by atoms with van der Waals surface area (Å²) in [5.41, 5.74) is 3.14. The molecule has 4 aromatic rings. The van der Waals surface area contributed by atoms with Gasteiger partial charge in [-0.25, -0.2) is 9.59 Å². The Morgan fingerprint density at radius 1 is 0.700 bits per heavy atom. The highest BCUT2D eigenvalue weighted by Gasteiger charge is 2.20. The first-order valence-electron chi connectivity index (χ1n) is 12.9. The van der Waals surface area contributed by atoms with Crippen LogP contribution in [0, 0.1) is 0 Å². The molecule has 1 aliphatic rings. The fourth-order valence-electron chi connectivity index (χ4n) is 4.32. The molecular weight excluding hydrogens is 636 g/mol. The Hall–Kier alpha value is -3.52. The summed E-state index contributed by atoms with van der Waals surface area (Å²) in [5, 5.41) is 0. The van der Waals surface area contributed by atoms with Crippen molar-refractivity contribution in [1.29, 1.82) is 0 Å². The summed E-state index contributed by atoms with van der Waals surface area (Å²) in [6, 6.07) is 29.2. The van der Waals surface area contributed by atoms with Crippen molar-refractivity contribution in [2.75, 3.05) is 0 Å². The average Bonchev–Trinajstić information content (AvgIpc) is 2.98. The van der Waals surface area contributed by atoms with Crippen LogP contribution >= 0.6 is 31.9 Å². The molecule has 0 radical (unpaired) electrons. The molecule has 0 fully saturated rings. The number of benzene rings is 4. The van der Waals surface area contributed by atoms with E-state index in [0.717, 1.165) is 39.3 Å². The van der Waals surface area contributed by atoms with Crippen LogP contribution in [0.5, 0.6) is 11.5 Å². The minimum Gasteiger partial charge on any atom is -0.423 e. The number of esters is 2. The summed E-state index contributed by atoms with van der Waals surface area (Å²) in [5.74, 6) is 0.216. The van der Waals surface area contributed by atoms with Gasteiger partial charge in [-0.3, -0.25) is 0 Å². The maximum Gasteiger partial charge on any atom is 0.343 e. The van der Waals surface area contributed by atoms with Gasteiger partial charge in [0.05, 0.1) is 17.2 Å². The molecular formula is C33H26Br2O5. The second kappa shape index (κ2) is 13.2. The lowest BCUT2D eigenvalue weighted by molar-refractivity contribution is 0.000725. The fraction of sp³-hybridized carbons (Fsp3) is 0.152. The van der Waals surface area contributed by atoms with Crippen molar-refractivity contribution in [2.45, 2.75) is 31.5 Å². The number of aryl methyl sites for hydroxylation is 1. The Bertz CT molecular complexity index is 1480. The second-order valence-corrected chi connectivity index (χ2v) is 11.2. The molecule has 0 amide bonds. The van der Waals surface area contributed by atoms with E-state index >= 15 is 0 Å². The number of hydrogen-bond acceptors (Lipinski definition) is 5. The lowest BCUT2D eigenvalue weighted by Crippen LogP contribution is -2.19. The largest absolute Gasteiger partial charge is 0.423 e. The van der Waals surface area contributed by atoms with Crippen molar-refractivity contribution in [1.82, 2.24) is 0 Å². The smallest absolute Gasteiger partial charge is 0.343 e. The van der Waals surface area contributed by atoms with Gasteiger partial charge in [-0.05, 0) is 103 Å². The predicted molar refractivity (Wildman–Crippen MR) is 161 cm³/mol. The molecule has 4 aromatic carbocycles. The van der Waals surface area contributed by atoms with Gasteiger partial charge in [-0.2, -0.15) is 0 Å². The summed E-state index contributed by atoms with van der Waals surface area (Å²) >= 11 is 6.73. The molecule has 1 aliphatic heterocycles. The van der Waals surface area contributed by atoms with Gasteiger partial charge in [-0.1, -0.05) is 68.3 Å². The maximum absolute atomic E-state index is 12.4. The summed E-state index contributed by atoms with van der Waals surface area (Å²) in [6.45, 7) is 0. The Kier molecular flexibility index (Phi) is 9.26. The van der Waals surface area contributed by atoms with Crippen LogP contribution in [0.25, 0.3) is 0 Å². The zero-order valence-electron chi connectivity index (χ0n) is 21.5. The standard InChI is InChI=1S/C33H26Br2O5/c34-26-13-7-24(8-14-26)32(36)39-29-18-5-22(6-19-29)4-17-28-2-1-3-31(38-28)23-11-20-30(21-12-23)40-33(37)25-9-15-27(35)16-10-25/h1,3,5-16,18-21,28,31H,2,4,17H2/t28-,31-/m1/s1. The molecule has 40 heavy (non-hydrogen) atoms. The van der Waals surface area contributed by atoms with Crippen molar-refractivity contribution in [3.05, 3.63) is 140 Å². The van der Waals surface area contributed by atoms with Gasteiger partial charge in [0.2, 0.25) is 0 Å².